The molecule has 0 saturated carbocycles. The topological polar surface area (TPSA) is 75.4 Å². The molecule has 0 aliphatic carbocycles. The zero-order chi connectivity index (χ0) is 12.7. The number of unbranched alkanes of at least 4 members (excludes halogenated alkanes) is 2. The smallest absolute Gasteiger partial charge is 0.242 e. The van der Waals surface area contributed by atoms with Crippen LogP contribution < -0.4 is 11.1 Å². The third kappa shape index (κ3) is 4.00. The predicted octanol–water partition coefficient (Wildman–Crippen LogP) is 0.243. The fourth-order valence-corrected chi connectivity index (χ4v) is 2.25. The Labute approximate surface area is 103 Å². The number of amides is 2. The highest BCUT2D eigenvalue weighted by molar-refractivity contribution is 5.88. The second-order valence-corrected chi connectivity index (χ2v) is 4.46. The van der Waals surface area contributed by atoms with Crippen molar-refractivity contribution in [3.63, 3.8) is 0 Å². The van der Waals surface area contributed by atoms with Crippen LogP contribution in [0.4, 0.5) is 0 Å². The van der Waals surface area contributed by atoms with Gasteiger partial charge in [0.1, 0.15) is 6.04 Å². The van der Waals surface area contributed by atoms with Gasteiger partial charge in [-0.05, 0) is 32.2 Å². The van der Waals surface area contributed by atoms with Crippen LogP contribution >= 0.6 is 0 Å². The van der Waals surface area contributed by atoms with Crippen LogP contribution in [0.5, 0.6) is 0 Å². The van der Waals surface area contributed by atoms with Crippen LogP contribution in [-0.4, -0.2) is 42.9 Å². The van der Waals surface area contributed by atoms with Gasteiger partial charge in [-0.1, -0.05) is 6.42 Å². The molecule has 1 saturated heterocycles. The van der Waals surface area contributed by atoms with E-state index in [9.17, 15) is 9.59 Å². The fourth-order valence-electron chi connectivity index (χ4n) is 2.25. The van der Waals surface area contributed by atoms with E-state index in [-0.39, 0.29) is 17.9 Å². The minimum Gasteiger partial charge on any atom is -0.357 e. The van der Waals surface area contributed by atoms with E-state index in [0.717, 1.165) is 32.1 Å². The van der Waals surface area contributed by atoms with Gasteiger partial charge in [-0.25, -0.2) is 0 Å². The first-order chi connectivity index (χ1) is 8.20. The summed E-state index contributed by atoms with van der Waals surface area (Å²) in [7, 11) is 1.62. The Morgan fingerprint density at radius 3 is 2.76 bits per heavy atom. The molecule has 1 heterocycles. The number of nitrogens with one attached hydrogen (secondary N) is 1. The molecule has 0 bridgehead atoms. The molecular formula is C12H23N3O2. The van der Waals surface area contributed by atoms with E-state index in [1.165, 1.54) is 0 Å². The lowest BCUT2D eigenvalue weighted by Gasteiger charge is -2.23. The highest BCUT2D eigenvalue weighted by Gasteiger charge is 2.32. The maximum absolute atomic E-state index is 12.0. The summed E-state index contributed by atoms with van der Waals surface area (Å²) in [5, 5.41) is 2.62. The maximum atomic E-state index is 12.0. The molecule has 1 fully saturated rings. The lowest BCUT2D eigenvalue weighted by Crippen LogP contribution is -2.44. The van der Waals surface area contributed by atoms with Crippen LogP contribution in [0, 0.1) is 0 Å². The third-order valence-corrected chi connectivity index (χ3v) is 3.22. The van der Waals surface area contributed by atoms with Crippen molar-refractivity contribution in [2.24, 2.45) is 5.73 Å². The number of hydrogen-bond donors (Lipinski definition) is 2. The van der Waals surface area contributed by atoms with E-state index < -0.39 is 0 Å². The van der Waals surface area contributed by atoms with Gasteiger partial charge < -0.3 is 16.0 Å². The van der Waals surface area contributed by atoms with Crippen LogP contribution in [-0.2, 0) is 9.59 Å². The molecule has 17 heavy (non-hydrogen) atoms. The standard InChI is InChI=1S/C12H23N3O2/c1-14-12(17)10-6-5-9-15(10)11(16)7-3-2-4-8-13/h10H,2-9,13H2,1H3,(H,14,17). The Balaban J connectivity index is 2.37. The van der Waals surface area contributed by atoms with Gasteiger partial charge in [0.05, 0.1) is 0 Å². The van der Waals surface area contributed by atoms with E-state index in [2.05, 4.69) is 5.32 Å². The summed E-state index contributed by atoms with van der Waals surface area (Å²) in [6.45, 7) is 1.40. The lowest BCUT2D eigenvalue weighted by molar-refractivity contribution is -0.138. The molecule has 0 spiro atoms. The van der Waals surface area contributed by atoms with E-state index in [0.29, 0.717) is 19.5 Å². The first-order valence-corrected chi connectivity index (χ1v) is 6.42. The van der Waals surface area contributed by atoms with Gasteiger partial charge in [0.25, 0.3) is 0 Å². The van der Waals surface area contributed by atoms with Gasteiger partial charge in [-0.2, -0.15) is 0 Å². The predicted molar refractivity (Wildman–Crippen MR) is 66.3 cm³/mol. The van der Waals surface area contributed by atoms with Crippen LogP contribution in [0.3, 0.4) is 0 Å². The van der Waals surface area contributed by atoms with Crippen molar-refractivity contribution in [2.45, 2.75) is 44.6 Å². The van der Waals surface area contributed by atoms with E-state index in [4.69, 9.17) is 5.73 Å². The molecule has 2 amide bonds. The summed E-state index contributed by atoms with van der Waals surface area (Å²) in [4.78, 5) is 25.3. The second-order valence-electron chi connectivity index (χ2n) is 4.46. The number of carbonyl (C=O) groups excluding carboxylic acids is 2. The zero-order valence-corrected chi connectivity index (χ0v) is 10.6. The van der Waals surface area contributed by atoms with Crippen molar-refractivity contribution < 1.29 is 9.59 Å². The van der Waals surface area contributed by atoms with Gasteiger partial charge in [0, 0.05) is 20.0 Å². The molecular weight excluding hydrogens is 218 g/mol. The molecule has 3 N–H and O–H groups in total. The summed E-state index contributed by atoms with van der Waals surface area (Å²) in [6.07, 6.45) is 5.06. The quantitative estimate of drug-likeness (QED) is 0.654. The molecule has 98 valence electrons. The molecule has 1 unspecified atom stereocenters. The van der Waals surface area contributed by atoms with Crippen LogP contribution in [0.2, 0.25) is 0 Å². The van der Waals surface area contributed by atoms with Crippen molar-refractivity contribution in [3.05, 3.63) is 0 Å². The Kier molecular flexibility index (Phi) is 5.97. The van der Waals surface area contributed by atoms with E-state index in [1.807, 2.05) is 0 Å². The molecule has 5 nitrogen and oxygen atoms in total. The third-order valence-electron chi connectivity index (χ3n) is 3.22. The molecule has 0 aromatic carbocycles. The summed E-state index contributed by atoms with van der Waals surface area (Å²) in [5.41, 5.74) is 5.40. The van der Waals surface area contributed by atoms with Crippen molar-refractivity contribution in [1.82, 2.24) is 10.2 Å². The van der Waals surface area contributed by atoms with Crippen LogP contribution in [0.1, 0.15) is 38.5 Å². The largest absolute Gasteiger partial charge is 0.357 e. The van der Waals surface area contributed by atoms with Crippen LogP contribution in [0.15, 0.2) is 0 Å². The molecule has 1 aliphatic rings. The van der Waals surface area contributed by atoms with Crippen molar-refractivity contribution >= 4 is 11.8 Å². The zero-order valence-electron chi connectivity index (χ0n) is 10.6. The number of likely N-dealkylation sites (tertiary alicyclic amines) is 1. The number of hydrogen-bond acceptors (Lipinski definition) is 3. The first-order valence-electron chi connectivity index (χ1n) is 6.42. The Bertz CT molecular complexity index is 268. The minimum atomic E-state index is -0.248. The average Bonchev–Trinajstić information content (AvgIpc) is 2.82. The van der Waals surface area contributed by atoms with Gasteiger partial charge in [0.2, 0.25) is 11.8 Å². The van der Waals surface area contributed by atoms with E-state index in [1.54, 1.807) is 11.9 Å². The normalized spacial score (nSPS) is 19.4. The fraction of sp³-hybridized carbons (Fsp3) is 0.833. The molecule has 5 heteroatoms. The highest BCUT2D eigenvalue weighted by Crippen LogP contribution is 2.19. The lowest BCUT2D eigenvalue weighted by atomic mass is 10.1. The monoisotopic (exact) mass is 241 g/mol. The summed E-state index contributed by atoms with van der Waals surface area (Å²) in [6, 6.07) is -0.248. The summed E-state index contributed by atoms with van der Waals surface area (Å²) in [5.74, 6) is 0.0610. The van der Waals surface area contributed by atoms with Crippen molar-refractivity contribution in [3.8, 4) is 0 Å². The van der Waals surface area contributed by atoms with Gasteiger partial charge in [-0.3, -0.25) is 9.59 Å². The minimum absolute atomic E-state index is 0.0437. The van der Waals surface area contributed by atoms with Gasteiger partial charge >= 0.3 is 0 Å². The second kappa shape index (κ2) is 7.27. The number of nitrogens with zero attached hydrogens (tertiary/aromatic N) is 1. The Morgan fingerprint density at radius 2 is 2.12 bits per heavy atom. The highest BCUT2D eigenvalue weighted by atomic mass is 16.2. The average molecular weight is 241 g/mol. The van der Waals surface area contributed by atoms with Crippen molar-refractivity contribution in [2.75, 3.05) is 20.1 Å². The summed E-state index contributed by atoms with van der Waals surface area (Å²) >= 11 is 0. The van der Waals surface area contributed by atoms with Crippen LogP contribution in [0.25, 0.3) is 0 Å². The number of nitrogens with two attached hydrogens (primary N) is 1. The molecule has 1 rings (SSSR count). The Morgan fingerprint density at radius 1 is 1.35 bits per heavy atom. The van der Waals surface area contributed by atoms with E-state index >= 15 is 0 Å². The Hall–Kier alpha value is -1.10. The maximum Gasteiger partial charge on any atom is 0.242 e. The van der Waals surface area contributed by atoms with Gasteiger partial charge in [-0.15, -0.1) is 0 Å². The van der Waals surface area contributed by atoms with Crippen molar-refractivity contribution in [1.29, 1.82) is 0 Å². The molecule has 0 aromatic heterocycles. The SMILES string of the molecule is CNC(=O)C1CCCN1C(=O)CCCCCN. The van der Waals surface area contributed by atoms with Gasteiger partial charge in [0.15, 0.2) is 0 Å². The first kappa shape index (κ1) is 14.0. The molecule has 1 atom stereocenters. The number of likely N-dealkylation sites (N-methyl/N-ethyl adjacent to an activating group) is 1. The summed E-state index contributed by atoms with van der Waals surface area (Å²) < 4.78 is 0. The molecule has 0 radical (unpaired) electrons. The number of carbonyl (C=O) groups is 2. The number of rotatable bonds is 6. The molecule has 0 aromatic rings. The molecule has 1 aliphatic heterocycles.